The summed E-state index contributed by atoms with van der Waals surface area (Å²) in [5, 5.41) is 12.2. The molecule has 0 spiro atoms. The van der Waals surface area contributed by atoms with Crippen molar-refractivity contribution in [3.8, 4) is 0 Å². The Kier molecular flexibility index (Phi) is 6.73. The Morgan fingerprint density at radius 3 is 2.45 bits per heavy atom. The van der Waals surface area contributed by atoms with Crippen LogP contribution in [0.3, 0.4) is 0 Å². The third-order valence-electron chi connectivity index (χ3n) is 3.16. The fourth-order valence-electron chi connectivity index (χ4n) is 2.30. The van der Waals surface area contributed by atoms with Crippen LogP contribution in [0.4, 0.5) is 0 Å². The summed E-state index contributed by atoms with van der Waals surface area (Å²) in [5.74, 6) is 0.0317. The molecular formula is C17H27NO2. The maximum Gasteiger partial charge on any atom is 0.220 e. The lowest BCUT2D eigenvalue weighted by atomic mass is 9.88. The molecule has 20 heavy (non-hydrogen) atoms. The lowest BCUT2D eigenvalue weighted by molar-refractivity contribution is -0.122. The van der Waals surface area contributed by atoms with Crippen molar-refractivity contribution < 1.29 is 9.90 Å². The van der Waals surface area contributed by atoms with Gasteiger partial charge in [-0.3, -0.25) is 4.79 Å². The standard InChI is InChI=1S/C17H27NO2/c1-17(2,3)12-15(13-19)18-16(20)11-7-10-14-8-5-4-6-9-14/h4-6,8-9,15,19H,7,10-13H2,1-3H3,(H,18,20). The van der Waals surface area contributed by atoms with Gasteiger partial charge in [-0.2, -0.15) is 0 Å². The van der Waals surface area contributed by atoms with E-state index in [4.69, 9.17) is 0 Å². The number of carbonyl (C=O) groups is 1. The fourth-order valence-corrected chi connectivity index (χ4v) is 2.30. The number of benzene rings is 1. The fraction of sp³-hybridized carbons (Fsp3) is 0.588. The lowest BCUT2D eigenvalue weighted by Gasteiger charge is -2.25. The van der Waals surface area contributed by atoms with Crippen LogP contribution in [0.15, 0.2) is 30.3 Å². The van der Waals surface area contributed by atoms with E-state index >= 15 is 0 Å². The summed E-state index contributed by atoms with van der Waals surface area (Å²) < 4.78 is 0. The molecule has 1 rings (SSSR count). The summed E-state index contributed by atoms with van der Waals surface area (Å²) in [6, 6.07) is 10.0. The van der Waals surface area contributed by atoms with Crippen molar-refractivity contribution in [1.82, 2.24) is 5.32 Å². The molecule has 0 saturated carbocycles. The number of hydrogen-bond acceptors (Lipinski definition) is 2. The van der Waals surface area contributed by atoms with E-state index in [2.05, 4.69) is 38.2 Å². The average Bonchev–Trinajstić information content (AvgIpc) is 2.37. The summed E-state index contributed by atoms with van der Waals surface area (Å²) in [5.41, 5.74) is 1.36. The molecule has 1 aromatic rings. The van der Waals surface area contributed by atoms with Crippen LogP contribution in [-0.2, 0) is 11.2 Å². The third-order valence-corrected chi connectivity index (χ3v) is 3.16. The van der Waals surface area contributed by atoms with Gasteiger partial charge in [0.1, 0.15) is 0 Å². The maximum atomic E-state index is 11.9. The Labute approximate surface area is 122 Å². The number of hydrogen-bond donors (Lipinski definition) is 2. The minimum Gasteiger partial charge on any atom is -0.394 e. The number of aliphatic hydroxyl groups excluding tert-OH is 1. The largest absolute Gasteiger partial charge is 0.394 e. The number of aliphatic hydroxyl groups is 1. The van der Waals surface area contributed by atoms with E-state index in [9.17, 15) is 9.90 Å². The first kappa shape index (κ1) is 16.7. The van der Waals surface area contributed by atoms with Crippen molar-refractivity contribution in [2.45, 2.75) is 52.5 Å². The molecule has 1 unspecified atom stereocenters. The van der Waals surface area contributed by atoms with Crippen LogP contribution in [0.5, 0.6) is 0 Å². The molecule has 0 saturated heterocycles. The van der Waals surface area contributed by atoms with Gasteiger partial charge in [-0.15, -0.1) is 0 Å². The van der Waals surface area contributed by atoms with Crippen molar-refractivity contribution >= 4 is 5.91 Å². The van der Waals surface area contributed by atoms with E-state index < -0.39 is 0 Å². The molecule has 0 fully saturated rings. The molecule has 112 valence electrons. The van der Waals surface area contributed by atoms with Gasteiger partial charge in [-0.1, -0.05) is 51.1 Å². The quantitative estimate of drug-likeness (QED) is 0.805. The van der Waals surface area contributed by atoms with Crippen LogP contribution in [0.25, 0.3) is 0 Å². The zero-order chi connectivity index (χ0) is 15.0. The van der Waals surface area contributed by atoms with E-state index in [1.54, 1.807) is 0 Å². The van der Waals surface area contributed by atoms with Gasteiger partial charge in [0.15, 0.2) is 0 Å². The molecule has 0 bridgehead atoms. The molecule has 2 N–H and O–H groups in total. The van der Waals surface area contributed by atoms with Gasteiger partial charge in [0, 0.05) is 6.42 Å². The van der Waals surface area contributed by atoms with Crippen molar-refractivity contribution in [2.24, 2.45) is 5.41 Å². The average molecular weight is 277 g/mol. The zero-order valence-corrected chi connectivity index (χ0v) is 12.9. The molecular weight excluding hydrogens is 250 g/mol. The van der Waals surface area contributed by atoms with Crippen LogP contribution in [-0.4, -0.2) is 23.7 Å². The predicted octanol–water partition coefficient (Wildman–Crippen LogP) is 2.92. The van der Waals surface area contributed by atoms with Gasteiger partial charge in [-0.25, -0.2) is 0 Å². The van der Waals surface area contributed by atoms with Gasteiger partial charge >= 0.3 is 0 Å². The minimum atomic E-state index is -0.140. The molecule has 0 heterocycles. The smallest absolute Gasteiger partial charge is 0.220 e. The van der Waals surface area contributed by atoms with Gasteiger partial charge in [0.25, 0.3) is 0 Å². The van der Waals surface area contributed by atoms with E-state index in [1.165, 1.54) is 5.56 Å². The Morgan fingerprint density at radius 2 is 1.90 bits per heavy atom. The molecule has 0 aliphatic heterocycles. The van der Waals surface area contributed by atoms with Crippen molar-refractivity contribution in [3.05, 3.63) is 35.9 Å². The molecule has 1 aromatic carbocycles. The van der Waals surface area contributed by atoms with Crippen molar-refractivity contribution in [2.75, 3.05) is 6.61 Å². The van der Waals surface area contributed by atoms with Crippen molar-refractivity contribution in [3.63, 3.8) is 0 Å². The Balaban J connectivity index is 2.28. The Hall–Kier alpha value is -1.35. The molecule has 1 atom stereocenters. The normalized spacial score (nSPS) is 13.0. The molecule has 0 radical (unpaired) electrons. The number of rotatable bonds is 7. The molecule has 3 heteroatoms. The summed E-state index contributed by atoms with van der Waals surface area (Å²) in [4.78, 5) is 11.9. The van der Waals surface area contributed by atoms with Crippen LogP contribution >= 0.6 is 0 Å². The topological polar surface area (TPSA) is 49.3 Å². The van der Waals surface area contributed by atoms with Gasteiger partial charge in [0.2, 0.25) is 5.91 Å². The number of aryl methyl sites for hydroxylation is 1. The third kappa shape index (κ3) is 7.29. The summed E-state index contributed by atoms with van der Waals surface area (Å²) in [6.45, 7) is 6.33. The first-order valence-corrected chi connectivity index (χ1v) is 7.35. The van der Waals surface area contributed by atoms with Crippen LogP contribution in [0.1, 0.15) is 45.6 Å². The highest BCUT2D eigenvalue weighted by Crippen LogP contribution is 2.20. The highest BCUT2D eigenvalue weighted by molar-refractivity contribution is 5.76. The van der Waals surface area contributed by atoms with E-state index in [0.29, 0.717) is 6.42 Å². The number of carbonyl (C=O) groups excluding carboxylic acids is 1. The molecule has 0 aromatic heterocycles. The second kappa shape index (κ2) is 8.05. The first-order valence-electron chi connectivity index (χ1n) is 7.35. The lowest BCUT2D eigenvalue weighted by Crippen LogP contribution is -2.39. The Morgan fingerprint density at radius 1 is 1.25 bits per heavy atom. The molecule has 0 aliphatic carbocycles. The van der Waals surface area contributed by atoms with E-state index in [0.717, 1.165) is 19.3 Å². The second-order valence-corrected chi connectivity index (χ2v) is 6.55. The molecule has 3 nitrogen and oxygen atoms in total. The van der Waals surface area contributed by atoms with Crippen molar-refractivity contribution in [1.29, 1.82) is 0 Å². The zero-order valence-electron chi connectivity index (χ0n) is 12.9. The molecule has 1 amide bonds. The van der Waals surface area contributed by atoms with Crippen LogP contribution in [0, 0.1) is 5.41 Å². The second-order valence-electron chi connectivity index (χ2n) is 6.55. The first-order chi connectivity index (χ1) is 9.40. The predicted molar refractivity (Wildman–Crippen MR) is 82.5 cm³/mol. The number of amides is 1. The summed E-state index contributed by atoms with van der Waals surface area (Å²) in [6.07, 6.45) is 3.05. The van der Waals surface area contributed by atoms with Gasteiger partial charge in [-0.05, 0) is 30.2 Å². The highest BCUT2D eigenvalue weighted by atomic mass is 16.3. The van der Waals surface area contributed by atoms with Gasteiger partial charge < -0.3 is 10.4 Å². The maximum absolute atomic E-state index is 11.9. The van der Waals surface area contributed by atoms with Gasteiger partial charge in [0.05, 0.1) is 12.6 Å². The van der Waals surface area contributed by atoms with Crippen LogP contribution < -0.4 is 5.32 Å². The molecule has 0 aliphatic rings. The van der Waals surface area contributed by atoms with E-state index in [-0.39, 0.29) is 24.0 Å². The monoisotopic (exact) mass is 277 g/mol. The minimum absolute atomic E-state index is 0.00168. The summed E-state index contributed by atoms with van der Waals surface area (Å²) in [7, 11) is 0. The van der Waals surface area contributed by atoms with E-state index in [1.807, 2.05) is 18.2 Å². The SMILES string of the molecule is CC(C)(C)CC(CO)NC(=O)CCCc1ccccc1. The highest BCUT2D eigenvalue weighted by Gasteiger charge is 2.19. The summed E-state index contributed by atoms with van der Waals surface area (Å²) >= 11 is 0. The Bertz CT molecular complexity index is 395. The number of nitrogens with one attached hydrogen (secondary N) is 1. The van der Waals surface area contributed by atoms with Crippen LogP contribution in [0.2, 0.25) is 0 Å².